The van der Waals surface area contributed by atoms with Gasteiger partial charge in [0, 0.05) is 5.56 Å². The molecule has 0 heterocycles. The first-order valence-corrected chi connectivity index (χ1v) is 7.11. The van der Waals surface area contributed by atoms with Crippen LogP contribution in [0.4, 0.5) is 8.78 Å². The fraction of sp³-hybridized carbons (Fsp3) is 0.500. The van der Waals surface area contributed by atoms with Gasteiger partial charge in [-0.3, -0.25) is 0 Å². The highest BCUT2D eigenvalue weighted by atomic mass is 32.2. The maximum atomic E-state index is 13.7. The largest absolute Gasteiger partial charge is 0.223 e. The molecule has 0 bridgehead atoms. The Morgan fingerprint density at radius 2 is 1.65 bits per heavy atom. The van der Waals surface area contributed by atoms with E-state index in [2.05, 4.69) is 0 Å². The number of halogens is 2. The van der Waals surface area contributed by atoms with Gasteiger partial charge in [-0.1, -0.05) is 13.8 Å². The minimum atomic E-state index is -3.53. The third-order valence-corrected chi connectivity index (χ3v) is 5.16. The summed E-state index contributed by atoms with van der Waals surface area (Å²) in [7, 11) is -3.53. The average Bonchev–Trinajstić information content (AvgIpc) is 2.98. The van der Waals surface area contributed by atoms with Crippen molar-refractivity contribution in [2.75, 3.05) is 0 Å². The molecule has 5 heteroatoms. The molecular formula is C12H14F2O2S. The minimum Gasteiger partial charge on any atom is -0.223 e. The van der Waals surface area contributed by atoms with Crippen LogP contribution in [0.1, 0.15) is 38.2 Å². The van der Waals surface area contributed by atoms with E-state index < -0.39 is 26.7 Å². The van der Waals surface area contributed by atoms with E-state index >= 15 is 0 Å². The second kappa shape index (κ2) is 4.05. The third kappa shape index (κ3) is 2.20. The summed E-state index contributed by atoms with van der Waals surface area (Å²) in [5, 5.41) is -0.453. The lowest BCUT2D eigenvalue weighted by Gasteiger charge is -2.11. The molecule has 0 atom stereocenters. The zero-order valence-electron chi connectivity index (χ0n) is 9.70. The quantitative estimate of drug-likeness (QED) is 0.837. The summed E-state index contributed by atoms with van der Waals surface area (Å²) >= 11 is 0. The van der Waals surface area contributed by atoms with Gasteiger partial charge < -0.3 is 0 Å². The Kier molecular flexibility index (Phi) is 2.97. The predicted molar refractivity (Wildman–Crippen MR) is 60.7 cm³/mol. The number of benzene rings is 1. The molecule has 17 heavy (non-hydrogen) atoms. The van der Waals surface area contributed by atoms with Gasteiger partial charge in [0.05, 0.1) is 10.1 Å². The summed E-state index contributed by atoms with van der Waals surface area (Å²) in [6, 6.07) is 1.87. The van der Waals surface area contributed by atoms with Crippen LogP contribution in [-0.2, 0) is 9.84 Å². The molecular weight excluding hydrogens is 246 g/mol. The van der Waals surface area contributed by atoms with Crippen molar-refractivity contribution in [2.45, 2.75) is 42.8 Å². The molecule has 1 fully saturated rings. The molecule has 1 aliphatic rings. The fourth-order valence-corrected chi connectivity index (χ4v) is 3.52. The lowest BCUT2D eigenvalue weighted by Crippen LogP contribution is -2.10. The zero-order chi connectivity index (χ0) is 12.8. The Morgan fingerprint density at radius 1 is 1.18 bits per heavy atom. The molecule has 1 aromatic carbocycles. The van der Waals surface area contributed by atoms with E-state index in [1.807, 2.05) is 0 Å². The van der Waals surface area contributed by atoms with E-state index in [0.717, 1.165) is 12.1 Å². The molecule has 1 saturated carbocycles. The van der Waals surface area contributed by atoms with Crippen molar-refractivity contribution < 1.29 is 17.2 Å². The lowest BCUT2D eigenvalue weighted by molar-refractivity contribution is 0.532. The fourth-order valence-electron chi connectivity index (χ4n) is 1.85. The van der Waals surface area contributed by atoms with Crippen molar-refractivity contribution in [3.63, 3.8) is 0 Å². The summed E-state index contributed by atoms with van der Waals surface area (Å²) in [4.78, 5) is -0.237. The standard InChI is InChI=1S/C12H14F2O2S/c1-7(2)12-10(13)5-9(6-11(12)14)17(15,16)8-3-4-8/h5-8H,3-4H2,1-2H3. The van der Waals surface area contributed by atoms with Crippen molar-refractivity contribution in [3.8, 4) is 0 Å². The molecule has 1 aromatic rings. The maximum Gasteiger partial charge on any atom is 0.181 e. The highest BCUT2D eigenvalue weighted by Crippen LogP contribution is 2.35. The van der Waals surface area contributed by atoms with Crippen molar-refractivity contribution >= 4 is 9.84 Å². The van der Waals surface area contributed by atoms with Crippen LogP contribution >= 0.6 is 0 Å². The molecule has 2 rings (SSSR count). The SMILES string of the molecule is CC(C)c1c(F)cc(S(=O)(=O)C2CC2)cc1F. The minimum absolute atomic E-state index is 0.0558. The molecule has 94 valence electrons. The Bertz CT molecular complexity index is 523. The van der Waals surface area contributed by atoms with Gasteiger partial charge in [-0.25, -0.2) is 17.2 Å². The highest BCUT2D eigenvalue weighted by molar-refractivity contribution is 7.92. The van der Waals surface area contributed by atoms with Crippen molar-refractivity contribution in [1.82, 2.24) is 0 Å². The van der Waals surface area contributed by atoms with Crippen LogP contribution in [0, 0.1) is 11.6 Å². The maximum absolute atomic E-state index is 13.7. The molecule has 1 aliphatic carbocycles. The van der Waals surface area contributed by atoms with Crippen molar-refractivity contribution in [2.24, 2.45) is 0 Å². The van der Waals surface area contributed by atoms with Gasteiger partial charge >= 0.3 is 0 Å². The summed E-state index contributed by atoms with van der Waals surface area (Å²) in [6.07, 6.45) is 1.16. The van der Waals surface area contributed by atoms with Crippen molar-refractivity contribution in [3.05, 3.63) is 29.3 Å². The van der Waals surface area contributed by atoms with E-state index in [0.29, 0.717) is 12.8 Å². The topological polar surface area (TPSA) is 34.1 Å². The van der Waals surface area contributed by atoms with E-state index in [1.54, 1.807) is 13.8 Å². The molecule has 0 aliphatic heterocycles. The van der Waals surface area contributed by atoms with E-state index in [-0.39, 0.29) is 16.4 Å². The molecule has 0 saturated heterocycles. The average molecular weight is 260 g/mol. The molecule has 0 radical (unpaired) electrons. The number of hydrogen-bond acceptors (Lipinski definition) is 2. The third-order valence-electron chi connectivity index (χ3n) is 2.92. The van der Waals surface area contributed by atoms with Gasteiger partial charge in [0.2, 0.25) is 0 Å². The smallest absolute Gasteiger partial charge is 0.181 e. The monoisotopic (exact) mass is 260 g/mol. The zero-order valence-corrected chi connectivity index (χ0v) is 10.5. The molecule has 2 nitrogen and oxygen atoms in total. The summed E-state index contributed by atoms with van der Waals surface area (Å²) in [6.45, 7) is 3.33. The second-order valence-corrected chi connectivity index (χ2v) is 6.93. The van der Waals surface area contributed by atoms with Crippen LogP contribution in [0.5, 0.6) is 0 Å². The van der Waals surface area contributed by atoms with Crippen LogP contribution < -0.4 is 0 Å². The van der Waals surface area contributed by atoms with Gasteiger partial charge in [0.15, 0.2) is 9.84 Å². The highest BCUT2D eigenvalue weighted by Gasteiger charge is 2.37. The summed E-state index contributed by atoms with van der Waals surface area (Å²) < 4.78 is 51.0. The van der Waals surface area contributed by atoms with Crippen molar-refractivity contribution in [1.29, 1.82) is 0 Å². The van der Waals surface area contributed by atoms with E-state index in [4.69, 9.17) is 0 Å². The molecule has 0 aromatic heterocycles. The molecule has 0 N–H and O–H groups in total. The first kappa shape index (κ1) is 12.5. The Balaban J connectivity index is 2.52. The lowest BCUT2D eigenvalue weighted by atomic mass is 10.0. The molecule has 0 unspecified atom stereocenters. The predicted octanol–water partition coefficient (Wildman–Crippen LogP) is 3.02. The Morgan fingerprint density at radius 3 is 2.00 bits per heavy atom. The van der Waals surface area contributed by atoms with E-state index in [1.165, 1.54) is 0 Å². The van der Waals surface area contributed by atoms with Crippen LogP contribution in [0.25, 0.3) is 0 Å². The van der Waals surface area contributed by atoms with Gasteiger partial charge in [0.1, 0.15) is 11.6 Å². The molecule has 0 amide bonds. The number of rotatable bonds is 3. The van der Waals surface area contributed by atoms with Crippen LogP contribution in [0.2, 0.25) is 0 Å². The number of hydrogen-bond donors (Lipinski definition) is 0. The summed E-state index contributed by atoms with van der Waals surface area (Å²) in [5.74, 6) is -1.87. The first-order chi connectivity index (χ1) is 7.84. The van der Waals surface area contributed by atoms with Crippen LogP contribution in [0.3, 0.4) is 0 Å². The second-order valence-electron chi connectivity index (χ2n) is 4.70. The van der Waals surface area contributed by atoms with Crippen LogP contribution in [-0.4, -0.2) is 13.7 Å². The summed E-state index contributed by atoms with van der Waals surface area (Å²) in [5.41, 5.74) is -0.0558. The normalized spacial score (nSPS) is 16.5. The van der Waals surface area contributed by atoms with Gasteiger partial charge in [-0.05, 0) is 30.9 Å². The Hall–Kier alpha value is -0.970. The molecule has 0 spiro atoms. The first-order valence-electron chi connectivity index (χ1n) is 5.57. The van der Waals surface area contributed by atoms with Gasteiger partial charge in [-0.2, -0.15) is 0 Å². The Labute approximate surface area is 99.6 Å². The number of sulfone groups is 1. The van der Waals surface area contributed by atoms with Gasteiger partial charge in [-0.15, -0.1) is 0 Å². The van der Waals surface area contributed by atoms with Crippen LogP contribution in [0.15, 0.2) is 17.0 Å². The van der Waals surface area contributed by atoms with E-state index in [9.17, 15) is 17.2 Å². The van der Waals surface area contributed by atoms with Gasteiger partial charge in [0.25, 0.3) is 0 Å².